The van der Waals surface area contributed by atoms with Crippen LogP contribution in [-0.4, -0.2) is 50.3 Å². The van der Waals surface area contributed by atoms with Crippen LogP contribution in [0.5, 0.6) is 0 Å². The zero-order valence-corrected chi connectivity index (χ0v) is 14.0. The molecule has 118 valence electrons. The Morgan fingerprint density at radius 1 is 1.29 bits per heavy atom. The first-order valence-electron chi connectivity index (χ1n) is 8.20. The molecule has 1 aromatic rings. The number of nitrogens with zero attached hydrogens (tertiary/aromatic N) is 1. The Morgan fingerprint density at radius 2 is 2.00 bits per heavy atom. The summed E-state index contributed by atoms with van der Waals surface area (Å²) in [6, 6.07) is 7.21. The average molecular weight is 290 g/mol. The van der Waals surface area contributed by atoms with Crippen molar-refractivity contribution in [3.05, 3.63) is 34.9 Å². The van der Waals surface area contributed by atoms with Gasteiger partial charge in [-0.25, -0.2) is 0 Å². The van der Waals surface area contributed by atoms with E-state index >= 15 is 0 Å². The number of aryl methyl sites for hydroxylation is 2. The minimum atomic E-state index is 0.288. The van der Waals surface area contributed by atoms with Gasteiger partial charge in [0, 0.05) is 19.1 Å². The van der Waals surface area contributed by atoms with Gasteiger partial charge >= 0.3 is 0 Å². The SMILES string of the molecule is CCCN1CCOC(C(Cc2cc(C)cc(C)c2)NC)C1. The molecule has 21 heavy (non-hydrogen) atoms. The predicted molar refractivity (Wildman–Crippen MR) is 88.9 cm³/mol. The molecule has 2 unspecified atom stereocenters. The summed E-state index contributed by atoms with van der Waals surface area (Å²) in [5.41, 5.74) is 4.09. The second-order valence-electron chi connectivity index (χ2n) is 6.31. The summed E-state index contributed by atoms with van der Waals surface area (Å²) < 4.78 is 6.04. The summed E-state index contributed by atoms with van der Waals surface area (Å²) >= 11 is 0. The molecule has 1 aromatic carbocycles. The first-order valence-corrected chi connectivity index (χ1v) is 8.20. The van der Waals surface area contributed by atoms with Crippen molar-refractivity contribution >= 4 is 0 Å². The topological polar surface area (TPSA) is 24.5 Å². The molecular formula is C18H30N2O. The van der Waals surface area contributed by atoms with Gasteiger partial charge in [0.05, 0.1) is 12.7 Å². The lowest BCUT2D eigenvalue weighted by molar-refractivity contribution is -0.0450. The minimum Gasteiger partial charge on any atom is -0.374 e. The van der Waals surface area contributed by atoms with Crippen LogP contribution in [0.4, 0.5) is 0 Å². The summed E-state index contributed by atoms with van der Waals surface area (Å²) in [5, 5.41) is 3.47. The van der Waals surface area contributed by atoms with Crippen LogP contribution in [0.3, 0.4) is 0 Å². The van der Waals surface area contributed by atoms with Crippen LogP contribution in [0, 0.1) is 13.8 Å². The van der Waals surface area contributed by atoms with Crippen molar-refractivity contribution in [1.29, 1.82) is 0 Å². The Balaban J connectivity index is 2.01. The lowest BCUT2D eigenvalue weighted by atomic mass is 9.97. The monoisotopic (exact) mass is 290 g/mol. The highest BCUT2D eigenvalue weighted by atomic mass is 16.5. The molecule has 0 radical (unpaired) electrons. The van der Waals surface area contributed by atoms with Crippen LogP contribution in [0.2, 0.25) is 0 Å². The molecule has 3 nitrogen and oxygen atoms in total. The lowest BCUT2D eigenvalue weighted by Gasteiger charge is -2.37. The highest BCUT2D eigenvalue weighted by molar-refractivity contribution is 5.29. The van der Waals surface area contributed by atoms with Gasteiger partial charge in [0.25, 0.3) is 0 Å². The summed E-state index contributed by atoms with van der Waals surface area (Å²) in [6.07, 6.45) is 2.54. The molecular weight excluding hydrogens is 260 g/mol. The standard InChI is InChI=1S/C18H30N2O/c1-5-6-20-7-8-21-18(13-20)17(19-4)12-16-10-14(2)9-15(3)11-16/h9-11,17-19H,5-8,12-13H2,1-4H3. The van der Waals surface area contributed by atoms with Crippen molar-refractivity contribution in [3.63, 3.8) is 0 Å². The number of hydrogen-bond donors (Lipinski definition) is 1. The average Bonchev–Trinajstić information content (AvgIpc) is 2.44. The van der Waals surface area contributed by atoms with Gasteiger partial charge in [-0.1, -0.05) is 36.2 Å². The van der Waals surface area contributed by atoms with Gasteiger partial charge in [0.2, 0.25) is 0 Å². The van der Waals surface area contributed by atoms with Gasteiger partial charge in [-0.2, -0.15) is 0 Å². The molecule has 3 heteroatoms. The minimum absolute atomic E-state index is 0.288. The zero-order chi connectivity index (χ0) is 15.2. The van der Waals surface area contributed by atoms with E-state index in [9.17, 15) is 0 Å². The fourth-order valence-corrected chi connectivity index (χ4v) is 3.35. The third kappa shape index (κ3) is 4.80. The lowest BCUT2D eigenvalue weighted by Crippen LogP contribution is -2.52. The number of nitrogens with one attached hydrogen (secondary N) is 1. The van der Waals surface area contributed by atoms with Crippen molar-refractivity contribution in [1.82, 2.24) is 10.2 Å². The Labute approximate surface area is 129 Å². The molecule has 0 bridgehead atoms. The Hall–Kier alpha value is -0.900. The van der Waals surface area contributed by atoms with Crippen LogP contribution in [0.1, 0.15) is 30.0 Å². The van der Waals surface area contributed by atoms with E-state index in [1.807, 2.05) is 0 Å². The van der Waals surface area contributed by atoms with Crippen LogP contribution >= 0.6 is 0 Å². The number of benzene rings is 1. The summed E-state index contributed by atoms with van der Waals surface area (Å²) in [5.74, 6) is 0. The maximum absolute atomic E-state index is 6.04. The van der Waals surface area contributed by atoms with E-state index in [0.717, 1.165) is 26.1 Å². The van der Waals surface area contributed by atoms with Crippen molar-refractivity contribution < 1.29 is 4.74 Å². The van der Waals surface area contributed by atoms with E-state index in [4.69, 9.17) is 4.74 Å². The van der Waals surface area contributed by atoms with Gasteiger partial charge in [-0.05, 0) is 45.8 Å². The van der Waals surface area contributed by atoms with E-state index in [0.29, 0.717) is 6.04 Å². The highest BCUT2D eigenvalue weighted by Crippen LogP contribution is 2.16. The molecule has 0 amide bonds. The predicted octanol–water partition coefficient (Wildman–Crippen LogP) is 2.54. The van der Waals surface area contributed by atoms with Crippen LogP contribution < -0.4 is 5.32 Å². The van der Waals surface area contributed by atoms with Gasteiger partial charge in [0.15, 0.2) is 0 Å². The highest BCUT2D eigenvalue weighted by Gasteiger charge is 2.27. The summed E-state index contributed by atoms with van der Waals surface area (Å²) in [7, 11) is 2.05. The normalized spacial score (nSPS) is 21.4. The number of ether oxygens (including phenoxy) is 1. The largest absolute Gasteiger partial charge is 0.374 e. The summed E-state index contributed by atoms with van der Waals surface area (Å²) in [4.78, 5) is 2.53. The number of rotatable bonds is 6. The third-order valence-electron chi connectivity index (χ3n) is 4.27. The molecule has 2 rings (SSSR count). The van der Waals surface area contributed by atoms with Crippen molar-refractivity contribution in [2.75, 3.05) is 33.3 Å². The van der Waals surface area contributed by atoms with Crippen molar-refractivity contribution in [2.24, 2.45) is 0 Å². The molecule has 0 aromatic heterocycles. The van der Waals surface area contributed by atoms with Crippen molar-refractivity contribution in [3.8, 4) is 0 Å². The molecule has 1 N–H and O–H groups in total. The van der Waals surface area contributed by atoms with E-state index < -0.39 is 0 Å². The molecule has 2 atom stereocenters. The van der Waals surface area contributed by atoms with Gasteiger partial charge in [-0.15, -0.1) is 0 Å². The van der Waals surface area contributed by atoms with Gasteiger partial charge in [-0.3, -0.25) is 4.90 Å². The fraction of sp³-hybridized carbons (Fsp3) is 0.667. The number of likely N-dealkylation sites (N-methyl/N-ethyl adjacent to an activating group) is 1. The molecule has 0 saturated carbocycles. The molecule has 0 aliphatic carbocycles. The first-order chi connectivity index (χ1) is 10.1. The van der Waals surface area contributed by atoms with E-state index in [1.165, 1.54) is 29.7 Å². The van der Waals surface area contributed by atoms with Crippen LogP contribution in [-0.2, 0) is 11.2 Å². The molecule has 0 spiro atoms. The fourth-order valence-electron chi connectivity index (χ4n) is 3.35. The van der Waals surface area contributed by atoms with Gasteiger partial charge < -0.3 is 10.1 Å². The van der Waals surface area contributed by atoms with Crippen molar-refractivity contribution in [2.45, 2.75) is 45.8 Å². The Bertz CT molecular complexity index is 425. The third-order valence-corrected chi connectivity index (χ3v) is 4.27. The molecule has 1 aliphatic heterocycles. The molecule has 1 fully saturated rings. The second kappa shape index (κ2) is 7.92. The number of hydrogen-bond acceptors (Lipinski definition) is 3. The van der Waals surface area contributed by atoms with Crippen LogP contribution in [0.15, 0.2) is 18.2 Å². The molecule has 1 saturated heterocycles. The zero-order valence-electron chi connectivity index (χ0n) is 14.0. The molecule has 1 heterocycles. The first kappa shape index (κ1) is 16.5. The van der Waals surface area contributed by atoms with Crippen LogP contribution in [0.25, 0.3) is 0 Å². The van der Waals surface area contributed by atoms with E-state index in [2.05, 4.69) is 56.2 Å². The van der Waals surface area contributed by atoms with E-state index in [-0.39, 0.29) is 6.10 Å². The van der Waals surface area contributed by atoms with E-state index in [1.54, 1.807) is 0 Å². The quantitative estimate of drug-likeness (QED) is 0.871. The smallest absolute Gasteiger partial charge is 0.0858 e. The molecule has 1 aliphatic rings. The maximum atomic E-state index is 6.04. The van der Waals surface area contributed by atoms with Gasteiger partial charge in [0.1, 0.15) is 0 Å². The second-order valence-corrected chi connectivity index (χ2v) is 6.31. The Kier molecular flexibility index (Phi) is 6.22. The maximum Gasteiger partial charge on any atom is 0.0858 e. The number of morpholine rings is 1. The summed E-state index contributed by atoms with van der Waals surface area (Å²) in [6.45, 7) is 10.7. The Morgan fingerprint density at radius 3 is 2.62 bits per heavy atom.